The van der Waals surface area contributed by atoms with Gasteiger partial charge in [-0.2, -0.15) is 0 Å². The van der Waals surface area contributed by atoms with Gasteiger partial charge in [0, 0.05) is 25.2 Å². The van der Waals surface area contributed by atoms with Crippen LogP contribution in [0.5, 0.6) is 0 Å². The van der Waals surface area contributed by atoms with Crippen molar-refractivity contribution in [1.29, 1.82) is 0 Å². The van der Waals surface area contributed by atoms with Gasteiger partial charge in [0.1, 0.15) is 0 Å². The quantitative estimate of drug-likeness (QED) is 0.479. The van der Waals surface area contributed by atoms with Gasteiger partial charge in [0.2, 0.25) is 0 Å². The number of nitrogens with zero attached hydrogens (tertiary/aromatic N) is 1. The molecule has 0 spiro atoms. The van der Waals surface area contributed by atoms with Crippen molar-refractivity contribution in [1.82, 2.24) is 5.32 Å². The molecule has 1 aliphatic rings. The van der Waals surface area contributed by atoms with Gasteiger partial charge in [-0.15, -0.1) is 0 Å². The van der Waals surface area contributed by atoms with Gasteiger partial charge in [-0.25, -0.2) is 0 Å². The number of hydrogen-bond donors (Lipinski definition) is 1. The lowest BCUT2D eigenvalue weighted by atomic mass is 10.2. The van der Waals surface area contributed by atoms with Crippen molar-refractivity contribution >= 4 is 6.21 Å². The van der Waals surface area contributed by atoms with Gasteiger partial charge in [-0.1, -0.05) is 6.92 Å². The summed E-state index contributed by atoms with van der Waals surface area (Å²) in [5, 5.41) is 3.27. The molecule has 0 radical (unpaired) electrons. The summed E-state index contributed by atoms with van der Waals surface area (Å²) in [4.78, 5) is 4.16. The van der Waals surface area contributed by atoms with Gasteiger partial charge in [0.25, 0.3) is 0 Å². The first-order valence-corrected chi connectivity index (χ1v) is 3.10. The van der Waals surface area contributed by atoms with E-state index in [1.54, 1.807) is 0 Å². The standard InChI is InChI=1S/C6H12N2/c1-6-4-7-2-3-8-5-6/h4,6,8H,2-3,5H2,1H3. The summed E-state index contributed by atoms with van der Waals surface area (Å²) in [6, 6.07) is 0. The zero-order chi connectivity index (χ0) is 5.82. The van der Waals surface area contributed by atoms with E-state index in [1.165, 1.54) is 0 Å². The SMILES string of the molecule is CC1C=NCCNC1. The Kier molecular flexibility index (Phi) is 2.03. The van der Waals surface area contributed by atoms with Gasteiger partial charge in [-0.05, 0) is 0 Å². The molecule has 1 rings (SSSR count). The highest BCUT2D eigenvalue weighted by molar-refractivity contribution is 5.60. The largest absolute Gasteiger partial charge is 0.314 e. The number of aliphatic imine (C=N–C) groups is 1. The first-order valence-electron chi connectivity index (χ1n) is 3.10. The van der Waals surface area contributed by atoms with Crippen LogP contribution >= 0.6 is 0 Å². The van der Waals surface area contributed by atoms with Crippen molar-refractivity contribution in [3.8, 4) is 0 Å². The second kappa shape index (κ2) is 2.82. The molecule has 0 saturated carbocycles. The van der Waals surface area contributed by atoms with Crippen molar-refractivity contribution in [2.24, 2.45) is 10.9 Å². The van der Waals surface area contributed by atoms with Crippen molar-refractivity contribution in [2.75, 3.05) is 19.6 Å². The molecule has 1 heterocycles. The van der Waals surface area contributed by atoms with Gasteiger partial charge in [-0.3, -0.25) is 4.99 Å². The highest BCUT2D eigenvalue weighted by Crippen LogP contribution is 1.89. The lowest BCUT2D eigenvalue weighted by Gasteiger charge is -1.99. The van der Waals surface area contributed by atoms with Crippen LogP contribution in [0.2, 0.25) is 0 Å². The first-order chi connectivity index (χ1) is 3.89. The van der Waals surface area contributed by atoms with Gasteiger partial charge < -0.3 is 5.32 Å². The van der Waals surface area contributed by atoms with Crippen molar-refractivity contribution < 1.29 is 0 Å². The Labute approximate surface area is 50.0 Å². The molecule has 1 unspecified atom stereocenters. The average molecular weight is 112 g/mol. The predicted molar refractivity (Wildman–Crippen MR) is 35.4 cm³/mol. The molecule has 0 amide bonds. The Balaban J connectivity index is 2.33. The molecule has 0 saturated heterocycles. The minimum absolute atomic E-state index is 0.623. The molecule has 0 aromatic heterocycles. The zero-order valence-corrected chi connectivity index (χ0v) is 5.22. The Bertz CT molecular complexity index is 88.5. The van der Waals surface area contributed by atoms with E-state index >= 15 is 0 Å². The van der Waals surface area contributed by atoms with E-state index in [-0.39, 0.29) is 0 Å². The van der Waals surface area contributed by atoms with Crippen molar-refractivity contribution in [3.05, 3.63) is 0 Å². The van der Waals surface area contributed by atoms with E-state index in [4.69, 9.17) is 0 Å². The minimum atomic E-state index is 0.623. The van der Waals surface area contributed by atoms with Crippen LogP contribution in [-0.2, 0) is 0 Å². The smallest absolute Gasteiger partial charge is 0.0510 e. The fourth-order valence-electron chi connectivity index (χ4n) is 0.781. The fraction of sp³-hybridized carbons (Fsp3) is 0.833. The van der Waals surface area contributed by atoms with Gasteiger partial charge in [0.05, 0.1) is 6.54 Å². The second-order valence-electron chi connectivity index (χ2n) is 2.24. The van der Waals surface area contributed by atoms with E-state index < -0.39 is 0 Å². The van der Waals surface area contributed by atoms with Crippen LogP contribution in [0.3, 0.4) is 0 Å². The summed E-state index contributed by atoms with van der Waals surface area (Å²) in [6.45, 7) is 5.25. The van der Waals surface area contributed by atoms with E-state index in [1.807, 2.05) is 6.21 Å². The summed E-state index contributed by atoms with van der Waals surface area (Å²) in [6.07, 6.45) is 2.03. The normalized spacial score (nSPS) is 29.9. The van der Waals surface area contributed by atoms with Gasteiger partial charge in [0.15, 0.2) is 0 Å². The molecule has 0 bridgehead atoms. The zero-order valence-electron chi connectivity index (χ0n) is 5.22. The maximum Gasteiger partial charge on any atom is 0.0510 e. The molecule has 0 aliphatic carbocycles. The number of rotatable bonds is 0. The molecule has 1 N–H and O–H groups in total. The van der Waals surface area contributed by atoms with E-state index in [9.17, 15) is 0 Å². The summed E-state index contributed by atoms with van der Waals surface area (Å²) in [5.74, 6) is 0.623. The van der Waals surface area contributed by atoms with Crippen LogP contribution in [0.4, 0.5) is 0 Å². The molecular weight excluding hydrogens is 100 g/mol. The highest BCUT2D eigenvalue weighted by Gasteiger charge is 1.98. The number of nitrogens with one attached hydrogen (secondary N) is 1. The molecule has 0 aromatic carbocycles. The lowest BCUT2D eigenvalue weighted by Crippen LogP contribution is -2.21. The molecule has 0 fully saturated rings. The van der Waals surface area contributed by atoms with Crippen LogP contribution in [0.15, 0.2) is 4.99 Å². The summed E-state index contributed by atoms with van der Waals surface area (Å²) in [7, 11) is 0. The van der Waals surface area contributed by atoms with Crippen LogP contribution in [0.1, 0.15) is 6.92 Å². The molecular formula is C6H12N2. The van der Waals surface area contributed by atoms with Crippen LogP contribution in [-0.4, -0.2) is 25.8 Å². The van der Waals surface area contributed by atoms with Crippen molar-refractivity contribution in [3.63, 3.8) is 0 Å². The van der Waals surface area contributed by atoms with Crippen LogP contribution < -0.4 is 5.32 Å². The lowest BCUT2D eigenvalue weighted by molar-refractivity contribution is 0.648. The Morgan fingerprint density at radius 3 is 3.50 bits per heavy atom. The third-order valence-corrected chi connectivity index (χ3v) is 1.24. The average Bonchev–Trinajstić information content (AvgIpc) is 1.94. The molecule has 1 aliphatic heterocycles. The first kappa shape index (κ1) is 5.76. The van der Waals surface area contributed by atoms with E-state index in [0.29, 0.717) is 5.92 Å². The Morgan fingerprint density at radius 2 is 2.62 bits per heavy atom. The van der Waals surface area contributed by atoms with Gasteiger partial charge >= 0.3 is 0 Å². The monoisotopic (exact) mass is 112 g/mol. The molecule has 8 heavy (non-hydrogen) atoms. The van der Waals surface area contributed by atoms with Crippen LogP contribution in [0.25, 0.3) is 0 Å². The van der Waals surface area contributed by atoms with Crippen molar-refractivity contribution in [2.45, 2.75) is 6.92 Å². The maximum atomic E-state index is 4.16. The number of hydrogen-bond acceptors (Lipinski definition) is 2. The molecule has 0 aromatic rings. The Morgan fingerprint density at radius 1 is 1.75 bits per heavy atom. The fourth-order valence-corrected chi connectivity index (χ4v) is 0.781. The summed E-state index contributed by atoms with van der Waals surface area (Å²) < 4.78 is 0. The third-order valence-electron chi connectivity index (χ3n) is 1.24. The summed E-state index contributed by atoms with van der Waals surface area (Å²) >= 11 is 0. The van der Waals surface area contributed by atoms with E-state index in [2.05, 4.69) is 17.2 Å². The predicted octanol–water partition coefficient (Wildman–Crippen LogP) is 0.297. The highest BCUT2D eigenvalue weighted by atomic mass is 14.9. The van der Waals surface area contributed by atoms with E-state index in [0.717, 1.165) is 19.6 Å². The third kappa shape index (κ3) is 1.62. The molecule has 1 atom stereocenters. The Hall–Kier alpha value is -0.370. The topological polar surface area (TPSA) is 24.4 Å². The van der Waals surface area contributed by atoms with Crippen LogP contribution in [0, 0.1) is 5.92 Å². The minimum Gasteiger partial charge on any atom is -0.314 e. The molecule has 46 valence electrons. The maximum absolute atomic E-state index is 4.16. The molecule has 2 nitrogen and oxygen atoms in total. The molecule has 2 heteroatoms. The summed E-state index contributed by atoms with van der Waals surface area (Å²) in [5.41, 5.74) is 0. The second-order valence-corrected chi connectivity index (χ2v) is 2.24.